The lowest BCUT2D eigenvalue weighted by atomic mass is 9.76. The molecule has 8 heteroatoms. The van der Waals surface area contributed by atoms with E-state index in [2.05, 4.69) is 99.4 Å². The number of hydrogen-bond donors (Lipinski definition) is 0. The van der Waals surface area contributed by atoms with E-state index >= 15 is 0 Å². The second kappa shape index (κ2) is 28.4. The van der Waals surface area contributed by atoms with Gasteiger partial charge in [0.2, 0.25) is 0 Å². The first-order valence-electron chi connectivity index (χ1n) is 26.9. The summed E-state index contributed by atoms with van der Waals surface area (Å²) in [5.74, 6) is 0.0965. The average molecular weight is 957 g/mol. The van der Waals surface area contributed by atoms with Crippen LogP contribution in [0.1, 0.15) is 228 Å². The third-order valence-electron chi connectivity index (χ3n) is 14.7. The molecule has 3 aromatic rings. The van der Waals surface area contributed by atoms with Gasteiger partial charge in [-0.05, 0) is 68.2 Å². The Bertz CT molecular complexity index is 2190. The monoisotopic (exact) mass is 956 g/mol. The molecule has 0 aliphatic carbocycles. The standard InChI is InChI=1S/C60H85N5OS2/c1-8-10-12-14-16-18-20-22-24-26-28-30-32-40-60(41-33-31-29-27-25-23-21-19-17-15-13-11-9-2)52-42-50(39-36-47-34-37-49(38-35-47)64(5)6)67-57(52)58-53(65(60)7)43-54(68-58)55-51(46-63)56(48(44-61)45-62)66-59(55,3)4/h34-39,42-43H,8-33,40-41H2,1-7H3/b39-36+. The first-order chi connectivity index (χ1) is 33.0. The van der Waals surface area contributed by atoms with E-state index in [-0.39, 0.29) is 22.4 Å². The molecule has 0 atom stereocenters. The molecule has 0 fully saturated rings. The van der Waals surface area contributed by atoms with Gasteiger partial charge in [0.15, 0.2) is 11.3 Å². The van der Waals surface area contributed by atoms with Gasteiger partial charge >= 0.3 is 0 Å². The maximum atomic E-state index is 10.6. The van der Waals surface area contributed by atoms with Gasteiger partial charge in [-0.3, -0.25) is 0 Å². The summed E-state index contributed by atoms with van der Waals surface area (Å²) in [5.41, 5.74) is 4.84. The maximum absolute atomic E-state index is 10.6. The lowest BCUT2D eigenvalue weighted by Gasteiger charge is -2.47. The van der Waals surface area contributed by atoms with Gasteiger partial charge in [-0.2, -0.15) is 15.8 Å². The van der Waals surface area contributed by atoms with Crippen LogP contribution in [-0.4, -0.2) is 26.7 Å². The quantitative estimate of drug-likeness (QED) is 0.0458. The molecule has 2 aromatic heterocycles. The molecule has 0 amide bonds. The Morgan fingerprint density at radius 2 is 1.10 bits per heavy atom. The molecule has 2 aliphatic rings. The molecule has 2 aliphatic heterocycles. The normalized spacial score (nSPS) is 14.7. The van der Waals surface area contributed by atoms with Crippen LogP contribution < -0.4 is 9.80 Å². The van der Waals surface area contributed by atoms with Gasteiger partial charge in [-0.1, -0.05) is 199 Å². The zero-order valence-corrected chi connectivity index (χ0v) is 45.0. The highest BCUT2D eigenvalue weighted by molar-refractivity contribution is 7.23. The molecular weight excluding hydrogens is 871 g/mol. The van der Waals surface area contributed by atoms with Crippen molar-refractivity contribution in [2.75, 3.05) is 30.9 Å². The number of hydrogen-bond acceptors (Lipinski definition) is 8. The molecule has 0 spiro atoms. The highest BCUT2D eigenvalue weighted by Gasteiger charge is 2.47. The number of ether oxygens (including phenoxy) is 1. The zero-order chi connectivity index (χ0) is 48.8. The number of thiophene rings is 2. The van der Waals surface area contributed by atoms with E-state index in [4.69, 9.17) is 4.74 Å². The van der Waals surface area contributed by atoms with E-state index in [0.29, 0.717) is 0 Å². The SMILES string of the molecule is CCCCCCCCCCCCCCCC1(CCCCCCCCCCCCCCC)c2cc(/C=C/c3ccc(N(C)C)cc3)sc2-c2sc(C3=C(C#N)C(=C(C#N)C#N)OC3(C)C)cc2N1C. The van der Waals surface area contributed by atoms with Crippen molar-refractivity contribution in [3.63, 3.8) is 0 Å². The molecule has 6 nitrogen and oxygen atoms in total. The van der Waals surface area contributed by atoms with Crippen LogP contribution in [0.3, 0.4) is 0 Å². The molecule has 4 heterocycles. The molecule has 5 rings (SSSR count). The van der Waals surface area contributed by atoms with Crippen LogP contribution >= 0.6 is 22.7 Å². The summed E-state index contributed by atoms with van der Waals surface area (Å²) >= 11 is 3.61. The summed E-state index contributed by atoms with van der Waals surface area (Å²) in [5, 5.41) is 30.3. The van der Waals surface area contributed by atoms with Crippen molar-refractivity contribution in [2.24, 2.45) is 0 Å². The van der Waals surface area contributed by atoms with Crippen LogP contribution in [0.2, 0.25) is 0 Å². The van der Waals surface area contributed by atoms with Crippen molar-refractivity contribution in [2.45, 2.75) is 219 Å². The van der Waals surface area contributed by atoms with E-state index < -0.39 is 5.60 Å². The van der Waals surface area contributed by atoms with Crippen LogP contribution in [0.5, 0.6) is 0 Å². The summed E-state index contributed by atoms with van der Waals surface area (Å²) in [6.07, 6.45) is 41.7. The van der Waals surface area contributed by atoms with Crippen molar-refractivity contribution in [3.05, 3.63) is 74.2 Å². The van der Waals surface area contributed by atoms with Gasteiger partial charge < -0.3 is 14.5 Å². The zero-order valence-electron chi connectivity index (χ0n) is 43.4. The average Bonchev–Trinajstić information content (AvgIpc) is 4.04. The predicted octanol–water partition coefficient (Wildman–Crippen LogP) is 18.7. The number of rotatable bonds is 32. The molecule has 68 heavy (non-hydrogen) atoms. The van der Waals surface area contributed by atoms with E-state index in [9.17, 15) is 15.8 Å². The highest BCUT2D eigenvalue weighted by Crippen LogP contribution is 2.59. The Kier molecular flexibility index (Phi) is 22.8. The van der Waals surface area contributed by atoms with E-state index in [1.54, 1.807) is 11.3 Å². The Morgan fingerprint density at radius 1 is 0.632 bits per heavy atom. The molecule has 1 aromatic carbocycles. The van der Waals surface area contributed by atoms with Gasteiger partial charge in [-0.25, -0.2) is 0 Å². The summed E-state index contributed by atoms with van der Waals surface area (Å²) in [7, 11) is 6.48. The summed E-state index contributed by atoms with van der Waals surface area (Å²) in [6.45, 7) is 8.48. The maximum Gasteiger partial charge on any atom is 0.172 e. The molecular formula is C60H85N5OS2. The van der Waals surface area contributed by atoms with Gasteiger partial charge in [0.1, 0.15) is 29.4 Å². The number of allylic oxidation sites excluding steroid dienone is 2. The van der Waals surface area contributed by atoms with Gasteiger partial charge in [0, 0.05) is 42.2 Å². The lowest BCUT2D eigenvalue weighted by Crippen LogP contribution is -2.46. The number of anilines is 2. The second-order valence-corrected chi connectivity index (χ2v) is 22.6. The topological polar surface area (TPSA) is 87.1 Å². The Morgan fingerprint density at radius 3 is 1.54 bits per heavy atom. The minimum atomic E-state index is -0.889. The fourth-order valence-electron chi connectivity index (χ4n) is 10.6. The molecule has 0 bridgehead atoms. The molecule has 0 N–H and O–H groups in total. The van der Waals surface area contributed by atoms with E-state index in [1.165, 1.54) is 204 Å². The summed E-state index contributed by atoms with van der Waals surface area (Å²) in [4.78, 5) is 9.53. The number of fused-ring (bicyclic) bond motifs is 3. The van der Waals surface area contributed by atoms with Crippen molar-refractivity contribution in [1.29, 1.82) is 15.8 Å². The largest absolute Gasteiger partial charge is 0.479 e. The van der Waals surface area contributed by atoms with Crippen LogP contribution in [0.25, 0.3) is 27.5 Å². The first kappa shape index (κ1) is 54.6. The molecule has 0 saturated heterocycles. The van der Waals surface area contributed by atoms with Crippen molar-refractivity contribution < 1.29 is 4.74 Å². The minimum absolute atomic E-state index is 0.0965. The first-order valence-corrected chi connectivity index (χ1v) is 28.5. The third kappa shape index (κ3) is 14.9. The number of benzene rings is 1. The van der Waals surface area contributed by atoms with E-state index in [0.717, 1.165) is 23.3 Å². The van der Waals surface area contributed by atoms with Crippen molar-refractivity contribution in [1.82, 2.24) is 0 Å². The van der Waals surface area contributed by atoms with Gasteiger partial charge in [0.25, 0.3) is 0 Å². The molecule has 0 unspecified atom stereocenters. The Labute approximate surface area is 421 Å². The lowest BCUT2D eigenvalue weighted by molar-refractivity contribution is 0.109. The van der Waals surface area contributed by atoms with Crippen LogP contribution in [0.4, 0.5) is 11.4 Å². The third-order valence-corrected chi connectivity index (χ3v) is 17.1. The number of nitriles is 3. The molecule has 0 radical (unpaired) electrons. The smallest absolute Gasteiger partial charge is 0.172 e. The van der Waals surface area contributed by atoms with Crippen molar-refractivity contribution in [3.8, 4) is 28.0 Å². The number of unbranched alkanes of at least 4 members (excludes halogenated alkanes) is 24. The van der Waals surface area contributed by atoms with Crippen LogP contribution in [-0.2, 0) is 10.3 Å². The second-order valence-electron chi connectivity index (χ2n) is 20.5. The predicted molar refractivity (Wildman–Crippen MR) is 294 cm³/mol. The van der Waals surface area contributed by atoms with Crippen LogP contribution in [0.15, 0.2) is 53.3 Å². The van der Waals surface area contributed by atoms with Gasteiger partial charge in [-0.15, -0.1) is 22.7 Å². The highest BCUT2D eigenvalue weighted by atomic mass is 32.1. The van der Waals surface area contributed by atoms with E-state index in [1.807, 2.05) is 37.3 Å². The number of nitrogens with zero attached hydrogens (tertiary/aromatic N) is 5. The van der Waals surface area contributed by atoms with Crippen molar-refractivity contribution >= 4 is 51.8 Å². The minimum Gasteiger partial charge on any atom is -0.479 e. The molecule has 0 saturated carbocycles. The fourth-order valence-corrected chi connectivity index (χ4v) is 13.3. The van der Waals surface area contributed by atoms with Gasteiger partial charge in [0.05, 0.1) is 21.0 Å². The fraction of sp³-hybridized carbons (Fsp3) is 0.617. The molecule has 368 valence electrons. The summed E-state index contributed by atoms with van der Waals surface area (Å²) in [6, 6.07) is 19.9. The Hall–Kier alpha value is -4.29. The van der Waals surface area contributed by atoms with Crippen LogP contribution in [0, 0.1) is 34.0 Å². The Balaban J connectivity index is 1.42. The summed E-state index contributed by atoms with van der Waals surface area (Å²) < 4.78 is 6.31.